The van der Waals surface area contributed by atoms with Crippen molar-refractivity contribution in [3.05, 3.63) is 113 Å². The number of halogens is 2. The Kier molecular flexibility index (Phi) is 11.5. The molecule has 0 fully saturated rings. The molecule has 310 valence electrons. The molecule has 5 aromatic carbocycles. The molecule has 0 aliphatic carbocycles. The van der Waals surface area contributed by atoms with Gasteiger partial charge in [0.1, 0.15) is 52.0 Å². The summed E-state index contributed by atoms with van der Waals surface area (Å²) >= 11 is 11.7. The molecule has 0 saturated carbocycles. The summed E-state index contributed by atoms with van der Waals surface area (Å²) in [7, 11) is -13.7. The Bertz CT molecular complexity index is 3180. The van der Waals surface area contributed by atoms with Crippen molar-refractivity contribution in [2.24, 2.45) is 0 Å². The van der Waals surface area contributed by atoms with Gasteiger partial charge in [0, 0.05) is 54.4 Å². The van der Waals surface area contributed by atoms with Crippen molar-refractivity contribution in [3.63, 3.8) is 0 Å². The van der Waals surface area contributed by atoms with E-state index < -0.39 is 40.1 Å². The van der Waals surface area contributed by atoms with Crippen molar-refractivity contribution in [2.75, 3.05) is 29.2 Å². The van der Waals surface area contributed by atoms with Crippen LogP contribution in [0.1, 0.15) is 12.5 Å². The SMILES string of the molecule is CCN(Cc1cccc(S(=O)(=O)[O-])c1)c1ccc2nc3ccc(Nc4ccc(Nc5nc(Cl)nc(Cl)n5)cc4S(=O)(=O)[O-])cc3[n+](-c3ccc(OC)c(S(=O)(=O)[O-])c3)c2c1. The van der Waals surface area contributed by atoms with Crippen LogP contribution in [0.4, 0.5) is 28.7 Å². The van der Waals surface area contributed by atoms with Crippen LogP contribution >= 0.6 is 23.2 Å². The summed E-state index contributed by atoms with van der Waals surface area (Å²) in [5.41, 5.74) is 3.20. The third-order valence-electron chi connectivity index (χ3n) is 9.01. The summed E-state index contributed by atoms with van der Waals surface area (Å²) in [4.78, 5) is 16.5. The summed E-state index contributed by atoms with van der Waals surface area (Å²) in [6.45, 7) is 2.49. The quantitative estimate of drug-likeness (QED) is 0.0834. The third-order valence-corrected chi connectivity index (χ3v) is 11.9. The van der Waals surface area contributed by atoms with E-state index in [1.165, 1.54) is 49.6 Å². The van der Waals surface area contributed by atoms with Gasteiger partial charge in [0.05, 0.1) is 22.6 Å². The van der Waals surface area contributed by atoms with Crippen molar-refractivity contribution in [3.8, 4) is 11.4 Å². The van der Waals surface area contributed by atoms with Gasteiger partial charge < -0.3 is 33.9 Å². The van der Waals surface area contributed by atoms with Gasteiger partial charge in [-0.1, -0.05) is 12.1 Å². The standard InChI is InChI=1S/C37H30Cl2N8O10S3/c1-3-46(20-21-5-4-6-26(15-21)58(48,49)50)24-9-13-28-31(18-24)47(25-10-14-32(57-2)34(19-25)60(54,55)56)30-16-22(7-11-27(30)42-28)40-29-12-8-23(17-33(29)59(51,52)53)41-37-44-35(38)43-36(39)45-37/h4-19H,3,20H2,1-2H3,(H4,41,42,43,44,45,48,49,50,51,52,53,54,55,56)/p-2. The van der Waals surface area contributed by atoms with Gasteiger partial charge in [0.15, 0.2) is 0 Å². The predicted molar refractivity (Wildman–Crippen MR) is 217 cm³/mol. The van der Waals surface area contributed by atoms with E-state index in [0.29, 0.717) is 39.9 Å². The van der Waals surface area contributed by atoms with E-state index in [2.05, 4.69) is 25.6 Å². The maximum atomic E-state index is 12.6. The second-order valence-electron chi connectivity index (χ2n) is 12.8. The van der Waals surface area contributed by atoms with Crippen LogP contribution in [0.3, 0.4) is 0 Å². The molecule has 60 heavy (non-hydrogen) atoms. The highest BCUT2D eigenvalue weighted by atomic mass is 35.5. The topological polar surface area (TPSA) is 264 Å². The van der Waals surface area contributed by atoms with Crippen LogP contribution in [0.2, 0.25) is 10.6 Å². The highest BCUT2D eigenvalue weighted by molar-refractivity contribution is 7.86. The molecule has 0 aliphatic rings. The summed E-state index contributed by atoms with van der Waals surface area (Å²) in [6.07, 6.45) is 0. The smallest absolute Gasteiger partial charge is 0.239 e. The second kappa shape index (κ2) is 16.3. The molecule has 2 N–H and O–H groups in total. The average molecular weight is 912 g/mol. The van der Waals surface area contributed by atoms with E-state index >= 15 is 0 Å². The van der Waals surface area contributed by atoms with Crippen LogP contribution in [0, 0.1) is 0 Å². The lowest BCUT2D eigenvalue weighted by Gasteiger charge is -2.24. The van der Waals surface area contributed by atoms with Crippen LogP contribution in [0.5, 0.6) is 5.75 Å². The number of rotatable bonds is 13. The van der Waals surface area contributed by atoms with E-state index in [-0.39, 0.29) is 56.5 Å². The molecule has 23 heteroatoms. The van der Waals surface area contributed by atoms with Crippen molar-refractivity contribution in [2.45, 2.75) is 28.2 Å². The first kappa shape index (κ1) is 42.3. The number of nitrogens with one attached hydrogen (secondary N) is 2. The van der Waals surface area contributed by atoms with Gasteiger partial charge in [-0.15, -0.1) is 4.57 Å². The fourth-order valence-corrected chi connectivity index (χ4v) is 8.60. The Morgan fingerprint density at radius 2 is 1.33 bits per heavy atom. The van der Waals surface area contributed by atoms with Gasteiger partial charge >= 0.3 is 0 Å². The number of methoxy groups -OCH3 is 1. The number of hydrogen-bond donors (Lipinski definition) is 2. The van der Waals surface area contributed by atoms with Gasteiger partial charge in [0.2, 0.25) is 33.2 Å². The monoisotopic (exact) mass is 910 g/mol. The molecule has 18 nitrogen and oxygen atoms in total. The normalized spacial score (nSPS) is 12.1. The average Bonchev–Trinajstić information content (AvgIpc) is 3.18. The van der Waals surface area contributed by atoms with E-state index in [4.69, 9.17) is 32.9 Å². The fourth-order valence-electron chi connectivity index (χ4n) is 6.38. The summed E-state index contributed by atoms with van der Waals surface area (Å²) < 4.78 is 117. The molecule has 0 bridgehead atoms. The van der Waals surface area contributed by atoms with Crippen molar-refractivity contribution >= 4 is 104 Å². The molecular weight excluding hydrogens is 884 g/mol. The Hall–Kier alpha value is -5.78. The van der Waals surface area contributed by atoms with Crippen molar-refractivity contribution in [1.29, 1.82) is 0 Å². The molecule has 2 aromatic heterocycles. The maximum absolute atomic E-state index is 12.6. The van der Waals surface area contributed by atoms with E-state index in [9.17, 15) is 38.9 Å². The molecule has 0 radical (unpaired) electrons. The molecule has 0 aliphatic heterocycles. The van der Waals surface area contributed by atoms with Crippen LogP contribution in [0.15, 0.2) is 112 Å². The van der Waals surface area contributed by atoms with Crippen LogP contribution in [-0.2, 0) is 36.9 Å². The molecule has 0 unspecified atom stereocenters. The lowest BCUT2D eigenvalue weighted by atomic mass is 10.1. The molecular formula is C37H28Cl2N8O10S3-2. The zero-order chi connectivity index (χ0) is 43.1. The first-order valence-electron chi connectivity index (χ1n) is 17.3. The Morgan fingerprint density at radius 3 is 1.98 bits per heavy atom. The molecule has 7 rings (SSSR count). The number of nitrogens with zero attached hydrogens (tertiary/aromatic N) is 6. The van der Waals surface area contributed by atoms with Crippen LogP contribution < -0.4 is 24.8 Å². The fraction of sp³-hybridized carbons (Fsp3) is 0.108. The minimum absolute atomic E-state index is 0.101. The minimum atomic E-state index is -5.10. The number of anilines is 5. The molecule has 0 amide bonds. The van der Waals surface area contributed by atoms with Crippen molar-refractivity contribution in [1.82, 2.24) is 19.9 Å². The van der Waals surface area contributed by atoms with Gasteiger partial charge in [0.25, 0.3) is 0 Å². The molecule has 0 atom stereocenters. The van der Waals surface area contributed by atoms with E-state index in [0.717, 1.165) is 12.1 Å². The van der Waals surface area contributed by atoms with Gasteiger partial charge in [-0.25, -0.2) is 30.2 Å². The summed E-state index contributed by atoms with van der Waals surface area (Å²) in [6, 6.07) is 23.6. The largest absolute Gasteiger partial charge is 0.744 e. The molecule has 0 saturated heterocycles. The number of hydrogen-bond acceptors (Lipinski definition) is 17. The number of ether oxygens (including phenoxy) is 1. The molecule has 2 heterocycles. The second-order valence-corrected chi connectivity index (χ2v) is 17.6. The number of fused-ring (bicyclic) bond motifs is 2. The highest BCUT2D eigenvalue weighted by Crippen LogP contribution is 2.32. The summed E-state index contributed by atoms with van der Waals surface area (Å²) in [5.74, 6) is -0.306. The minimum Gasteiger partial charge on any atom is -0.744 e. The number of benzene rings is 5. The molecule has 7 aromatic rings. The first-order valence-corrected chi connectivity index (χ1v) is 22.2. The van der Waals surface area contributed by atoms with E-state index in [1.54, 1.807) is 47.0 Å². The third kappa shape index (κ3) is 9.17. The highest BCUT2D eigenvalue weighted by Gasteiger charge is 2.25. The first-order chi connectivity index (χ1) is 28.3. The lowest BCUT2D eigenvalue weighted by molar-refractivity contribution is -0.538. The maximum Gasteiger partial charge on any atom is 0.239 e. The van der Waals surface area contributed by atoms with Crippen molar-refractivity contribution < 1.29 is 48.2 Å². The predicted octanol–water partition coefficient (Wildman–Crippen LogP) is 5.39. The Labute approximate surface area is 352 Å². The Balaban J connectivity index is 1.38. The summed E-state index contributed by atoms with van der Waals surface area (Å²) in [5, 5.41) is 5.24. The lowest BCUT2D eigenvalue weighted by Crippen LogP contribution is -2.34. The van der Waals surface area contributed by atoms with Crippen LogP contribution in [0.25, 0.3) is 27.8 Å². The van der Waals surface area contributed by atoms with Gasteiger partial charge in [-0.3, -0.25) is 0 Å². The van der Waals surface area contributed by atoms with Gasteiger partial charge in [-0.05, 0) is 96.4 Å². The van der Waals surface area contributed by atoms with E-state index in [1.807, 2.05) is 11.8 Å². The number of aromatic nitrogens is 5. The Morgan fingerprint density at radius 1 is 0.683 bits per heavy atom. The van der Waals surface area contributed by atoms with Crippen LogP contribution in [-0.4, -0.2) is 72.5 Å². The zero-order valence-electron chi connectivity index (χ0n) is 30.9. The van der Waals surface area contributed by atoms with Gasteiger partial charge in [-0.2, -0.15) is 15.0 Å². The zero-order valence-corrected chi connectivity index (χ0v) is 34.9. The molecule has 0 spiro atoms.